The minimum atomic E-state index is 0.189. The van der Waals surface area contributed by atoms with Crippen LogP contribution < -0.4 is 15.2 Å². The Balaban J connectivity index is 2.09. The molecule has 0 amide bonds. The Bertz CT molecular complexity index is 546. The van der Waals surface area contributed by atoms with Crippen molar-refractivity contribution in [1.29, 1.82) is 0 Å². The molecule has 2 aromatic rings. The smallest absolute Gasteiger partial charge is 0.243 e. The minimum Gasteiger partial charge on any atom is -0.494 e. The Hall–Kier alpha value is -2.01. The topological polar surface area (TPSA) is 70.3 Å². The molecule has 1 heterocycles. The molecular formula is C13H14ClN3O2. The van der Waals surface area contributed by atoms with E-state index in [1.165, 1.54) is 6.33 Å². The number of hydrogen-bond donors (Lipinski definition) is 1. The lowest BCUT2D eigenvalue weighted by atomic mass is 10.3. The molecule has 0 unspecified atom stereocenters. The van der Waals surface area contributed by atoms with Crippen LogP contribution in [0.2, 0.25) is 5.02 Å². The Morgan fingerprint density at radius 3 is 2.53 bits per heavy atom. The molecule has 0 saturated carbocycles. The van der Waals surface area contributed by atoms with E-state index < -0.39 is 0 Å². The Kier molecular flexibility index (Phi) is 4.41. The second-order valence-corrected chi connectivity index (χ2v) is 4.18. The van der Waals surface area contributed by atoms with Gasteiger partial charge in [0, 0.05) is 0 Å². The van der Waals surface area contributed by atoms with E-state index in [1.54, 1.807) is 12.1 Å². The average Bonchev–Trinajstić information content (AvgIpc) is 2.43. The summed E-state index contributed by atoms with van der Waals surface area (Å²) in [7, 11) is 0. The van der Waals surface area contributed by atoms with E-state index >= 15 is 0 Å². The van der Waals surface area contributed by atoms with Crippen LogP contribution in [0.4, 0.5) is 5.82 Å². The first-order valence-corrected chi connectivity index (χ1v) is 6.25. The van der Waals surface area contributed by atoms with Crippen LogP contribution in [0.15, 0.2) is 30.6 Å². The molecule has 0 radical (unpaired) electrons. The minimum absolute atomic E-state index is 0.189. The third-order valence-corrected chi connectivity index (χ3v) is 2.65. The van der Waals surface area contributed by atoms with Crippen molar-refractivity contribution in [3.63, 3.8) is 0 Å². The zero-order valence-corrected chi connectivity index (χ0v) is 11.2. The molecule has 0 spiro atoms. The summed E-state index contributed by atoms with van der Waals surface area (Å²) < 4.78 is 11.0. The average molecular weight is 280 g/mol. The number of nitrogen functional groups attached to an aromatic ring is 1. The number of nitrogens with two attached hydrogens (primary N) is 1. The highest BCUT2D eigenvalue weighted by Gasteiger charge is 2.08. The molecule has 2 N–H and O–H groups in total. The van der Waals surface area contributed by atoms with Gasteiger partial charge in [0.2, 0.25) is 5.88 Å². The quantitative estimate of drug-likeness (QED) is 0.909. The van der Waals surface area contributed by atoms with Crippen molar-refractivity contribution < 1.29 is 9.47 Å². The van der Waals surface area contributed by atoms with Crippen LogP contribution in [0.25, 0.3) is 0 Å². The largest absolute Gasteiger partial charge is 0.494 e. The molecule has 0 fully saturated rings. The number of nitrogens with zero attached hydrogens (tertiary/aromatic N) is 2. The van der Waals surface area contributed by atoms with Crippen LogP contribution in [0, 0.1) is 0 Å². The fourth-order valence-electron chi connectivity index (χ4n) is 1.37. The predicted octanol–water partition coefficient (Wildman–Crippen LogP) is 3.29. The summed E-state index contributed by atoms with van der Waals surface area (Å²) in [5, 5.41) is 0.203. The molecule has 6 heteroatoms. The van der Waals surface area contributed by atoms with E-state index in [0.29, 0.717) is 12.4 Å². The van der Waals surface area contributed by atoms with Crippen LogP contribution in [0.5, 0.6) is 17.4 Å². The lowest BCUT2D eigenvalue weighted by Gasteiger charge is -2.08. The van der Waals surface area contributed by atoms with Gasteiger partial charge in [-0.3, -0.25) is 0 Å². The zero-order chi connectivity index (χ0) is 13.7. The summed E-state index contributed by atoms with van der Waals surface area (Å²) >= 11 is 5.94. The number of ether oxygens (including phenoxy) is 2. The molecule has 0 aliphatic carbocycles. The van der Waals surface area contributed by atoms with Gasteiger partial charge in [0.25, 0.3) is 0 Å². The lowest BCUT2D eigenvalue weighted by molar-refractivity contribution is 0.317. The number of rotatable bonds is 5. The fraction of sp³-hybridized carbons (Fsp3) is 0.231. The standard InChI is InChI=1S/C13H14ClN3O2/c1-2-7-18-9-3-5-10(6-4-9)19-13-11(14)12(15)16-8-17-13/h3-6,8H,2,7H2,1H3,(H2,15,16,17). The molecule has 5 nitrogen and oxygen atoms in total. The highest BCUT2D eigenvalue weighted by Crippen LogP contribution is 2.30. The maximum Gasteiger partial charge on any atom is 0.243 e. The van der Waals surface area contributed by atoms with Gasteiger partial charge in [0.05, 0.1) is 6.61 Å². The van der Waals surface area contributed by atoms with Crippen molar-refractivity contribution >= 4 is 17.4 Å². The first kappa shape index (κ1) is 13.4. The molecule has 0 aliphatic rings. The second kappa shape index (κ2) is 6.24. The van der Waals surface area contributed by atoms with E-state index in [4.69, 9.17) is 26.8 Å². The normalized spacial score (nSPS) is 10.2. The summed E-state index contributed by atoms with van der Waals surface area (Å²) in [6.45, 7) is 2.74. The number of halogens is 1. The summed E-state index contributed by atoms with van der Waals surface area (Å²) in [6, 6.07) is 7.20. The highest BCUT2D eigenvalue weighted by atomic mass is 35.5. The van der Waals surface area contributed by atoms with Crippen LogP contribution >= 0.6 is 11.6 Å². The van der Waals surface area contributed by atoms with Gasteiger partial charge in [-0.2, -0.15) is 4.98 Å². The SMILES string of the molecule is CCCOc1ccc(Oc2ncnc(N)c2Cl)cc1. The van der Waals surface area contributed by atoms with Crippen molar-refractivity contribution in [2.75, 3.05) is 12.3 Å². The summed E-state index contributed by atoms with van der Waals surface area (Å²) in [4.78, 5) is 7.69. The molecule has 0 bridgehead atoms. The molecule has 0 aliphatic heterocycles. The molecular weight excluding hydrogens is 266 g/mol. The molecule has 1 aromatic carbocycles. The number of aromatic nitrogens is 2. The van der Waals surface area contributed by atoms with Crippen LogP contribution in [-0.2, 0) is 0 Å². The van der Waals surface area contributed by atoms with Crippen molar-refractivity contribution in [3.05, 3.63) is 35.6 Å². The first-order chi connectivity index (χ1) is 9.20. The Labute approximate surface area is 116 Å². The van der Waals surface area contributed by atoms with E-state index in [0.717, 1.165) is 12.2 Å². The molecule has 100 valence electrons. The Morgan fingerprint density at radius 1 is 1.16 bits per heavy atom. The molecule has 19 heavy (non-hydrogen) atoms. The lowest BCUT2D eigenvalue weighted by Crippen LogP contribution is -1.97. The fourth-order valence-corrected chi connectivity index (χ4v) is 1.51. The van der Waals surface area contributed by atoms with Crippen molar-refractivity contribution in [2.24, 2.45) is 0 Å². The van der Waals surface area contributed by atoms with E-state index in [2.05, 4.69) is 16.9 Å². The summed E-state index contributed by atoms with van der Waals surface area (Å²) in [5.41, 5.74) is 5.57. The third-order valence-electron chi connectivity index (χ3n) is 2.30. The second-order valence-electron chi connectivity index (χ2n) is 3.80. The van der Waals surface area contributed by atoms with E-state index in [-0.39, 0.29) is 16.7 Å². The summed E-state index contributed by atoms with van der Waals surface area (Å²) in [6.07, 6.45) is 2.27. The summed E-state index contributed by atoms with van der Waals surface area (Å²) in [5.74, 6) is 1.82. The van der Waals surface area contributed by atoms with E-state index in [1.807, 2.05) is 12.1 Å². The van der Waals surface area contributed by atoms with Crippen molar-refractivity contribution in [3.8, 4) is 17.4 Å². The number of hydrogen-bond acceptors (Lipinski definition) is 5. The highest BCUT2D eigenvalue weighted by molar-refractivity contribution is 6.34. The van der Waals surface area contributed by atoms with Gasteiger partial charge in [0.15, 0.2) is 0 Å². The van der Waals surface area contributed by atoms with Crippen LogP contribution in [-0.4, -0.2) is 16.6 Å². The van der Waals surface area contributed by atoms with Gasteiger partial charge in [-0.25, -0.2) is 4.98 Å². The molecule has 0 saturated heterocycles. The van der Waals surface area contributed by atoms with Crippen LogP contribution in [0.3, 0.4) is 0 Å². The number of benzene rings is 1. The zero-order valence-electron chi connectivity index (χ0n) is 10.5. The monoisotopic (exact) mass is 279 g/mol. The van der Waals surface area contributed by atoms with Gasteiger partial charge >= 0.3 is 0 Å². The van der Waals surface area contributed by atoms with Gasteiger partial charge in [0.1, 0.15) is 28.7 Å². The number of anilines is 1. The third kappa shape index (κ3) is 3.48. The van der Waals surface area contributed by atoms with Crippen LogP contribution in [0.1, 0.15) is 13.3 Å². The molecule has 0 atom stereocenters. The van der Waals surface area contributed by atoms with Gasteiger partial charge in [-0.1, -0.05) is 18.5 Å². The Morgan fingerprint density at radius 2 is 1.84 bits per heavy atom. The van der Waals surface area contributed by atoms with Gasteiger partial charge in [-0.05, 0) is 30.7 Å². The predicted molar refractivity (Wildman–Crippen MR) is 73.8 cm³/mol. The van der Waals surface area contributed by atoms with Crippen molar-refractivity contribution in [1.82, 2.24) is 9.97 Å². The van der Waals surface area contributed by atoms with E-state index in [9.17, 15) is 0 Å². The maximum atomic E-state index is 5.94. The first-order valence-electron chi connectivity index (χ1n) is 5.87. The van der Waals surface area contributed by atoms with Gasteiger partial charge < -0.3 is 15.2 Å². The maximum absolute atomic E-state index is 5.94. The van der Waals surface area contributed by atoms with Gasteiger partial charge in [-0.15, -0.1) is 0 Å². The van der Waals surface area contributed by atoms with Crippen molar-refractivity contribution in [2.45, 2.75) is 13.3 Å². The molecule has 2 rings (SSSR count). The molecule has 1 aromatic heterocycles.